The van der Waals surface area contributed by atoms with E-state index in [9.17, 15) is 0 Å². The van der Waals surface area contributed by atoms with Crippen LogP contribution in [-0.2, 0) is 0 Å². The molecule has 65 heavy (non-hydrogen) atoms. The Balaban J connectivity index is 1.66. The van der Waals surface area contributed by atoms with Crippen molar-refractivity contribution in [1.82, 2.24) is 0 Å². The van der Waals surface area contributed by atoms with Gasteiger partial charge in [-0.2, -0.15) is 0 Å². The van der Waals surface area contributed by atoms with Gasteiger partial charge in [0.1, 0.15) is 196 Å². The quantitative estimate of drug-likeness (QED) is 0.125. The van der Waals surface area contributed by atoms with E-state index in [1.54, 1.807) is 0 Å². The van der Waals surface area contributed by atoms with Gasteiger partial charge >= 0.3 is 0 Å². The Labute approximate surface area is 412 Å². The van der Waals surface area contributed by atoms with Crippen molar-refractivity contribution in [3.05, 3.63) is 6.07 Å². The first-order chi connectivity index (χ1) is 30.3. The maximum atomic E-state index is 7.09. The van der Waals surface area contributed by atoms with Gasteiger partial charge in [0.15, 0.2) is 0 Å². The summed E-state index contributed by atoms with van der Waals surface area (Å²) in [5.41, 5.74) is -2.45. The highest BCUT2D eigenvalue weighted by Crippen LogP contribution is 2.41. The zero-order valence-electron chi connectivity index (χ0n) is 34.5. The van der Waals surface area contributed by atoms with Crippen LogP contribution >= 0.6 is 0 Å². The van der Waals surface area contributed by atoms with E-state index < -0.39 is 0 Å². The van der Waals surface area contributed by atoms with Crippen molar-refractivity contribution in [1.29, 1.82) is 0 Å². The normalized spacial score (nSPS) is 11.7. The van der Waals surface area contributed by atoms with E-state index in [1.807, 2.05) is 0 Å². The van der Waals surface area contributed by atoms with Gasteiger partial charge in [0.2, 0.25) is 0 Å². The Morgan fingerprint density at radius 2 is 0.385 bits per heavy atom. The molecule has 0 aliphatic rings. The topological polar surface area (TPSA) is 0 Å². The zero-order valence-corrected chi connectivity index (χ0v) is 34.5. The molecule has 0 spiro atoms. The Hall–Kier alpha value is -3.58. The van der Waals surface area contributed by atoms with Crippen LogP contribution in [0.15, 0.2) is 6.07 Å². The van der Waals surface area contributed by atoms with E-state index in [0.717, 1.165) is 0 Å². The lowest BCUT2D eigenvalue weighted by molar-refractivity contribution is 1.82. The smallest absolute Gasteiger partial charge is 0.110 e. The molecule has 0 N–H and O–H groups in total. The van der Waals surface area contributed by atoms with Gasteiger partial charge in [-0.05, 0) is 76.5 Å². The van der Waals surface area contributed by atoms with E-state index >= 15 is 0 Å². The van der Waals surface area contributed by atoms with Crippen LogP contribution in [0.3, 0.4) is 0 Å². The molecule has 0 aliphatic heterocycles. The maximum Gasteiger partial charge on any atom is 0.115 e. The van der Waals surface area contributed by atoms with Gasteiger partial charge in [-0.1, -0.05) is 93.5 Å². The highest BCUT2D eigenvalue weighted by Gasteiger charge is 2.30. The van der Waals surface area contributed by atoms with E-state index in [0.29, 0.717) is 0 Å². The van der Waals surface area contributed by atoms with Crippen molar-refractivity contribution >= 4 is 376 Å². The first kappa shape index (κ1) is 47.9. The van der Waals surface area contributed by atoms with E-state index in [2.05, 4.69) is 0 Å². The fourth-order valence-electron chi connectivity index (χ4n) is 9.07. The van der Waals surface area contributed by atoms with Gasteiger partial charge in [-0.25, -0.2) is 0 Å². The molecular formula is C40HB25. The number of rotatable bonds is 3. The van der Waals surface area contributed by atoms with Crippen LogP contribution < -0.4 is 137 Å². The fraction of sp³-hybridized carbons (Fsp3) is 0. The van der Waals surface area contributed by atoms with Crippen molar-refractivity contribution in [2.45, 2.75) is 0 Å². The lowest BCUT2D eigenvalue weighted by Gasteiger charge is -2.33. The SMILES string of the molecule is [B]c1cc2c(-c3c([B])c([B])c([B])c4c([B])c([B])c([B])c([B])c34)c3c([B])c([B])c([B])c([B])c3c(-c3c([B])c([B])c(-c4c([B])c([B])c5c([B])c([B])c([B])c([B])c5c4[B])c([B])c3[B])c2c([B])c1[B]. The minimum atomic E-state index is -0.214. The second-order valence-electron chi connectivity index (χ2n) is 15.8. The Bertz CT molecular complexity index is 3560. The molecule has 0 saturated carbocycles. The first-order valence-corrected chi connectivity index (χ1v) is 19.0. The monoisotopic (exact) mass is 756 g/mol. The van der Waals surface area contributed by atoms with Crippen molar-refractivity contribution in [3.8, 4) is 33.4 Å². The molecule has 50 radical (unpaired) electrons. The molecule has 0 aliphatic carbocycles. The van der Waals surface area contributed by atoms with Gasteiger partial charge in [0.25, 0.3) is 0 Å². The third-order valence-corrected chi connectivity index (χ3v) is 12.6. The van der Waals surface area contributed by atoms with E-state index in [-0.39, 0.29) is 213 Å². The largest absolute Gasteiger partial charge is 0.115 e. The van der Waals surface area contributed by atoms with Crippen molar-refractivity contribution < 1.29 is 0 Å². The van der Waals surface area contributed by atoms with Crippen LogP contribution in [0.25, 0.3) is 76.5 Å². The molecule has 8 aromatic rings. The molecule has 0 atom stereocenters. The molecule has 8 rings (SSSR count). The van der Waals surface area contributed by atoms with Crippen LogP contribution in [0.5, 0.6) is 0 Å². The number of benzene rings is 8. The Morgan fingerprint density at radius 3 is 0.800 bits per heavy atom. The summed E-state index contributed by atoms with van der Waals surface area (Å²) in [4.78, 5) is 0. The third kappa shape index (κ3) is 6.34. The van der Waals surface area contributed by atoms with Gasteiger partial charge < -0.3 is 0 Å². The average molecular weight is 752 g/mol. The third-order valence-electron chi connectivity index (χ3n) is 12.6. The molecule has 25 heteroatoms. The number of hydrogen-bond acceptors (Lipinski definition) is 0. The lowest BCUT2D eigenvalue weighted by Crippen LogP contribution is -2.53. The second kappa shape index (κ2) is 16.3. The molecule has 8 aromatic carbocycles. The first-order valence-electron chi connectivity index (χ1n) is 19.0. The van der Waals surface area contributed by atoms with Crippen LogP contribution in [0.1, 0.15) is 0 Å². The van der Waals surface area contributed by atoms with Gasteiger partial charge in [-0.15, -0.1) is 49.2 Å². The Morgan fingerprint density at radius 1 is 0.154 bits per heavy atom. The summed E-state index contributed by atoms with van der Waals surface area (Å²) in [5, 5.41) is 0.880. The van der Waals surface area contributed by atoms with Crippen molar-refractivity contribution in [3.63, 3.8) is 0 Å². The highest BCUT2D eigenvalue weighted by molar-refractivity contribution is 6.77. The van der Waals surface area contributed by atoms with E-state index in [4.69, 9.17) is 196 Å². The molecule has 0 amide bonds. The molecule has 0 bridgehead atoms. The zero-order chi connectivity index (χ0) is 48.2. The van der Waals surface area contributed by atoms with Crippen LogP contribution in [0.2, 0.25) is 0 Å². The molecule has 236 valence electrons. The van der Waals surface area contributed by atoms with Gasteiger partial charge in [-0.3, -0.25) is 0 Å². The molecule has 0 unspecified atom stereocenters. The standard InChI is InChI=1S/C40HB25/c41-3-1-2-4(8-10-12(30(55)34(59)20(8)45)31(56)38(63)37(62)23(10)48)7-9(22(47)36(61)35(60)21(7)46)6(5(2)19(44)17(3)42)11-24(49)27(52)15(28(53)25(11)50)13-18(43)14-16(29(54)26(13)51)33(58)40(65)39(64)32(14)57/h1H. The van der Waals surface area contributed by atoms with Crippen LogP contribution in [0, 0.1) is 0 Å². The van der Waals surface area contributed by atoms with Gasteiger partial charge in [0, 0.05) is 0 Å². The summed E-state index contributed by atoms with van der Waals surface area (Å²) >= 11 is 0. The second-order valence-corrected chi connectivity index (χ2v) is 15.8. The van der Waals surface area contributed by atoms with Crippen molar-refractivity contribution in [2.75, 3.05) is 0 Å². The summed E-state index contributed by atoms with van der Waals surface area (Å²) in [6.07, 6.45) is 0. The van der Waals surface area contributed by atoms with Crippen molar-refractivity contribution in [2.24, 2.45) is 0 Å². The molecule has 0 heterocycles. The summed E-state index contributed by atoms with van der Waals surface area (Å²) in [6.45, 7) is 0. The summed E-state index contributed by atoms with van der Waals surface area (Å²) in [6, 6.07) is 1.49. The number of fused-ring (bicyclic) bond motifs is 4. The molecule has 0 fully saturated rings. The minimum absolute atomic E-state index is 0.00323. The summed E-state index contributed by atoms with van der Waals surface area (Å²) < 4.78 is 0. The maximum absolute atomic E-state index is 7.09. The minimum Gasteiger partial charge on any atom is -0.110 e. The molecule has 0 aromatic heterocycles. The Kier molecular flexibility index (Phi) is 12.0. The predicted molar refractivity (Wildman–Crippen MR) is 307 cm³/mol. The van der Waals surface area contributed by atoms with Gasteiger partial charge in [0.05, 0.1) is 0 Å². The fourth-order valence-corrected chi connectivity index (χ4v) is 9.07. The average Bonchev–Trinajstić information content (AvgIpc) is 3.27. The molecule has 0 saturated heterocycles. The number of hydrogen-bond donors (Lipinski definition) is 0. The molecular weight excluding hydrogens is 751 g/mol. The molecule has 0 nitrogen and oxygen atoms in total. The highest BCUT2D eigenvalue weighted by atomic mass is 14.3. The predicted octanol–water partition coefficient (Wildman–Crippen LogP) is -18.9. The van der Waals surface area contributed by atoms with E-state index in [1.165, 1.54) is 6.07 Å². The van der Waals surface area contributed by atoms with Crippen LogP contribution in [0.4, 0.5) is 0 Å². The summed E-state index contributed by atoms with van der Waals surface area (Å²) in [7, 11) is 167. The lowest BCUT2D eigenvalue weighted by atomic mass is 9.55. The van der Waals surface area contributed by atoms with Crippen LogP contribution in [-0.4, -0.2) is 196 Å². The summed E-state index contributed by atoms with van der Waals surface area (Å²) in [5.74, 6) is 0.